The number of ether oxygens (including phenoxy) is 2. The maximum Gasteiger partial charge on any atom is 0.337 e. The van der Waals surface area contributed by atoms with Crippen molar-refractivity contribution in [1.29, 1.82) is 0 Å². The van der Waals surface area contributed by atoms with E-state index in [9.17, 15) is 14.4 Å². The highest BCUT2D eigenvalue weighted by atomic mass is 16.6. The van der Waals surface area contributed by atoms with Crippen molar-refractivity contribution in [3.63, 3.8) is 0 Å². The van der Waals surface area contributed by atoms with Crippen LogP contribution in [0.4, 0.5) is 0 Å². The lowest BCUT2D eigenvalue weighted by Crippen LogP contribution is -2.30. The molecule has 0 fully saturated rings. The third-order valence-corrected chi connectivity index (χ3v) is 3.52. The summed E-state index contributed by atoms with van der Waals surface area (Å²) in [4.78, 5) is 34.5. The van der Waals surface area contributed by atoms with E-state index in [-0.39, 0.29) is 18.3 Å². The van der Waals surface area contributed by atoms with E-state index in [1.807, 2.05) is 13.0 Å². The molecule has 1 aromatic carbocycles. The average Bonchev–Trinajstić information content (AvgIpc) is 2.52. The molecule has 135 valence electrons. The molecule has 0 saturated heterocycles. The van der Waals surface area contributed by atoms with Crippen molar-refractivity contribution in [2.75, 3.05) is 13.7 Å². The van der Waals surface area contributed by atoms with E-state index in [0.29, 0.717) is 18.3 Å². The first-order chi connectivity index (χ1) is 11.7. The molecule has 0 aromatic heterocycles. The molecule has 1 aromatic rings. The highest BCUT2D eigenvalue weighted by molar-refractivity contribution is 6.64. The number of hydrogen-bond donors (Lipinski definition) is 1. The fraction of sp³-hybridized carbons (Fsp3) is 0.500. The van der Waals surface area contributed by atoms with Crippen LogP contribution in [0.15, 0.2) is 18.2 Å². The zero-order chi connectivity index (χ0) is 19.0. The highest BCUT2D eigenvalue weighted by Gasteiger charge is 2.23. The molecule has 1 unspecified atom stereocenters. The molecule has 1 radical (unpaired) electrons. The monoisotopic (exact) mass is 346 g/mol. The van der Waals surface area contributed by atoms with E-state index in [4.69, 9.17) is 9.47 Å². The molecule has 0 bridgehead atoms. The first-order valence-electron chi connectivity index (χ1n) is 8.09. The highest BCUT2D eigenvalue weighted by Crippen LogP contribution is 2.26. The number of carbonyl (C=O) groups excluding carboxylic acids is 3. The van der Waals surface area contributed by atoms with E-state index in [1.54, 1.807) is 32.9 Å². The lowest BCUT2D eigenvalue weighted by molar-refractivity contribution is -0.155. The number of carbonyl (C=O) groups is 3. The van der Waals surface area contributed by atoms with Crippen LogP contribution < -0.4 is 5.23 Å². The van der Waals surface area contributed by atoms with Crippen LogP contribution in [0.3, 0.4) is 0 Å². The van der Waals surface area contributed by atoms with E-state index in [1.165, 1.54) is 14.5 Å². The van der Waals surface area contributed by atoms with Crippen molar-refractivity contribution < 1.29 is 23.9 Å². The second kappa shape index (κ2) is 9.37. The second-order valence-electron chi connectivity index (χ2n) is 6.76. The predicted molar refractivity (Wildman–Crippen MR) is 96.2 cm³/mol. The van der Waals surface area contributed by atoms with Crippen LogP contribution in [-0.2, 0) is 19.1 Å². The van der Waals surface area contributed by atoms with Gasteiger partial charge in [-0.05, 0) is 57.5 Å². The summed E-state index contributed by atoms with van der Waals surface area (Å²) in [5, 5.41) is 2.87. The molecule has 1 rings (SSSR count). The molecule has 1 N–H and O–H groups in total. The summed E-state index contributed by atoms with van der Waals surface area (Å²) in [6.45, 7) is 7.69. The maximum absolute atomic E-state index is 12.2. The Bertz CT molecular complexity index is 624. The quantitative estimate of drug-likeness (QED) is 0.336. The largest absolute Gasteiger partial charge is 0.465 e. The van der Waals surface area contributed by atoms with Crippen molar-refractivity contribution >= 4 is 25.5 Å². The fourth-order valence-corrected chi connectivity index (χ4v) is 2.46. The van der Waals surface area contributed by atoms with Crippen molar-refractivity contribution in [3.8, 4) is 0 Å². The first-order valence-corrected chi connectivity index (χ1v) is 8.09. The minimum Gasteiger partial charge on any atom is -0.465 e. The molecule has 0 amide bonds. The Balaban J connectivity index is 3.07. The first kappa shape index (κ1) is 20.9. The molecule has 0 aliphatic heterocycles. The van der Waals surface area contributed by atoms with Gasteiger partial charge in [0.1, 0.15) is 5.60 Å². The number of rotatable bonds is 8. The normalized spacial score (nSPS) is 12.2. The molecule has 0 heterocycles. The number of esters is 2. The van der Waals surface area contributed by atoms with Gasteiger partial charge in [-0.1, -0.05) is 6.07 Å². The smallest absolute Gasteiger partial charge is 0.337 e. The minimum atomic E-state index is -0.576. The van der Waals surface area contributed by atoms with Crippen LogP contribution in [0.2, 0.25) is 0 Å². The number of nitrogens with one attached hydrogen (secondary N) is 1. The van der Waals surface area contributed by atoms with Gasteiger partial charge in [0.15, 0.2) is 0 Å². The summed E-state index contributed by atoms with van der Waals surface area (Å²) >= 11 is 0. The lowest BCUT2D eigenvalue weighted by Gasteiger charge is -2.24. The summed E-state index contributed by atoms with van der Waals surface area (Å²) < 4.78 is 10.2. The minimum absolute atomic E-state index is 0.127. The molecular formula is C18H25BNO5. The lowest BCUT2D eigenvalue weighted by atomic mass is 9.88. The summed E-state index contributed by atoms with van der Waals surface area (Å²) in [6, 6.07) is 5.21. The third-order valence-electron chi connectivity index (χ3n) is 3.52. The van der Waals surface area contributed by atoms with Crippen molar-refractivity contribution in [1.82, 2.24) is 5.23 Å². The van der Waals surface area contributed by atoms with Crippen molar-refractivity contribution in [2.45, 2.75) is 45.6 Å². The number of hydrogen-bond acceptors (Lipinski definition) is 6. The summed E-state index contributed by atoms with van der Waals surface area (Å²) in [6.07, 6.45) is 0.769. The molecule has 0 saturated carbocycles. The Hall–Kier alpha value is -2.15. The third kappa shape index (κ3) is 7.09. The molecule has 25 heavy (non-hydrogen) atoms. The molecule has 7 heteroatoms. The van der Waals surface area contributed by atoms with Gasteiger partial charge in [-0.2, -0.15) is 0 Å². The van der Waals surface area contributed by atoms with Crippen LogP contribution in [0, 0.1) is 6.92 Å². The molecule has 6 nitrogen and oxygen atoms in total. The van der Waals surface area contributed by atoms with Crippen LogP contribution in [0.25, 0.3) is 0 Å². The van der Waals surface area contributed by atoms with Crippen LogP contribution in [-0.4, -0.2) is 44.8 Å². The summed E-state index contributed by atoms with van der Waals surface area (Å²) in [5.74, 6) is -1.03. The van der Waals surface area contributed by atoms with Gasteiger partial charge in [0.2, 0.25) is 0 Å². The molecular weight excluding hydrogens is 321 g/mol. The van der Waals surface area contributed by atoms with Crippen LogP contribution in [0.1, 0.15) is 54.6 Å². The zero-order valence-electron chi connectivity index (χ0n) is 15.4. The van der Waals surface area contributed by atoms with Gasteiger partial charge in [0, 0.05) is 5.92 Å². The maximum atomic E-state index is 12.2. The van der Waals surface area contributed by atoms with Gasteiger partial charge >= 0.3 is 11.9 Å². The van der Waals surface area contributed by atoms with Gasteiger partial charge in [-0.25, -0.2) is 4.79 Å². The molecule has 0 aliphatic rings. The van der Waals surface area contributed by atoms with Gasteiger partial charge in [0.25, 0.3) is 7.41 Å². The van der Waals surface area contributed by atoms with E-state index in [0.717, 1.165) is 11.1 Å². The second-order valence-corrected chi connectivity index (χ2v) is 6.76. The van der Waals surface area contributed by atoms with Gasteiger partial charge in [-0.3, -0.25) is 4.79 Å². The van der Waals surface area contributed by atoms with Crippen LogP contribution >= 0.6 is 0 Å². The topological polar surface area (TPSA) is 81.7 Å². The van der Waals surface area contributed by atoms with Crippen LogP contribution in [0.5, 0.6) is 0 Å². The Morgan fingerprint density at radius 3 is 2.56 bits per heavy atom. The summed E-state index contributed by atoms with van der Waals surface area (Å²) in [5.41, 5.74) is 1.61. The molecule has 0 aliphatic carbocycles. The van der Waals surface area contributed by atoms with Gasteiger partial charge in [-0.15, -0.1) is 0 Å². The van der Waals surface area contributed by atoms with Crippen molar-refractivity contribution in [3.05, 3.63) is 34.9 Å². The van der Waals surface area contributed by atoms with E-state index >= 15 is 0 Å². The Morgan fingerprint density at radius 1 is 1.32 bits per heavy atom. The SMILES string of the molecule is COC(=O)c1ccc(C)c(C(CN[B]C=O)CC(=O)OC(C)(C)C)c1. The summed E-state index contributed by atoms with van der Waals surface area (Å²) in [7, 11) is 2.60. The molecule has 0 spiro atoms. The Morgan fingerprint density at radius 2 is 2.00 bits per heavy atom. The Kier molecular flexibility index (Phi) is 7.83. The molecule has 1 atom stereocenters. The number of aryl methyl sites for hydroxylation is 1. The van der Waals surface area contributed by atoms with E-state index in [2.05, 4.69) is 5.23 Å². The standard InChI is InChI=1S/C18H25BNO5/c1-12-6-7-13(17(23)24-5)8-15(12)14(10-20-19-11-21)9-16(22)25-18(2,3)4/h6-8,11,14,20H,9-10H2,1-5H3. The van der Waals surface area contributed by atoms with E-state index < -0.39 is 11.6 Å². The number of benzene rings is 1. The van der Waals surface area contributed by atoms with Gasteiger partial charge < -0.3 is 19.5 Å². The van der Waals surface area contributed by atoms with Gasteiger partial charge in [0.05, 0.1) is 25.3 Å². The predicted octanol–water partition coefficient (Wildman–Crippen LogP) is 2.00. The number of methoxy groups -OCH3 is 1. The Labute approximate surface area is 149 Å². The zero-order valence-corrected chi connectivity index (χ0v) is 15.4. The van der Waals surface area contributed by atoms with Crippen molar-refractivity contribution in [2.24, 2.45) is 0 Å². The fourth-order valence-electron chi connectivity index (χ4n) is 2.46. The average molecular weight is 346 g/mol.